The van der Waals surface area contributed by atoms with E-state index in [2.05, 4.69) is 0 Å². The topological polar surface area (TPSA) is 29.5 Å². The van der Waals surface area contributed by atoms with Gasteiger partial charge in [0.05, 0.1) is 6.61 Å². The lowest BCUT2D eigenvalue weighted by Crippen LogP contribution is -2.05. The molecule has 0 aliphatic carbocycles. The summed E-state index contributed by atoms with van der Waals surface area (Å²) in [5.74, 6) is 0.711. The van der Waals surface area contributed by atoms with Crippen molar-refractivity contribution in [2.45, 2.75) is 26.9 Å². The fraction of sp³-hybridized carbons (Fsp3) is 0.294. The van der Waals surface area contributed by atoms with Crippen LogP contribution in [0.25, 0.3) is 0 Å². The number of ether oxygens (including phenoxy) is 1. The second-order valence-electron chi connectivity index (χ2n) is 4.94. The molecule has 0 aliphatic heterocycles. The van der Waals surface area contributed by atoms with E-state index >= 15 is 0 Å². The molecule has 1 atom stereocenters. The van der Waals surface area contributed by atoms with Gasteiger partial charge in [0.1, 0.15) is 11.9 Å². The quantitative estimate of drug-likeness (QED) is 0.902. The second kappa shape index (κ2) is 6.29. The van der Waals surface area contributed by atoms with Gasteiger partial charge in [0.2, 0.25) is 0 Å². The van der Waals surface area contributed by atoms with Crippen molar-refractivity contribution in [2.24, 2.45) is 0 Å². The SMILES string of the molecule is CCOc1ccc(C)cc1C(O)c1cc(C)cc(Cl)c1. The van der Waals surface area contributed by atoms with Gasteiger partial charge in [-0.3, -0.25) is 0 Å². The number of hydrogen-bond acceptors (Lipinski definition) is 2. The van der Waals surface area contributed by atoms with Gasteiger partial charge in [-0.1, -0.05) is 29.3 Å². The molecule has 2 rings (SSSR count). The van der Waals surface area contributed by atoms with Gasteiger partial charge in [-0.25, -0.2) is 0 Å². The van der Waals surface area contributed by atoms with E-state index in [0.29, 0.717) is 17.4 Å². The van der Waals surface area contributed by atoms with Crippen LogP contribution in [0, 0.1) is 13.8 Å². The highest BCUT2D eigenvalue weighted by Gasteiger charge is 2.16. The number of aliphatic hydroxyl groups is 1. The zero-order valence-electron chi connectivity index (χ0n) is 12.0. The van der Waals surface area contributed by atoms with Crippen LogP contribution in [0.2, 0.25) is 5.02 Å². The fourth-order valence-corrected chi connectivity index (χ4v) is 2.57. The number of rotatable bonds is 4. The molecule has 0 spiro atoms. The summed E-state index contributed by atoms with van der Waals surface area (Å²) >= 11 is 6.07. The summed E-state index contributed by atoms with van der Waals surface area (Å²) in [4.78, 5) is 0. The van der Waals surface area contributed by atoms with Crippen molar-refractivity contribution in [3.05, 3.63) is 63.7 Å². The maximum absolute atomic E-state index is 10.6. The summed E-state index contributed by atoms with van der Waals surface area (Å²) in [6.45, 7) is 6.45. The average Bonchev–Trinajstić information content (AvgIpc) is 2.39. The third-order valence-corrected chi connectivity index (χ3v) is 3.36. The van der Waals surface area contributed by atoms with Crippen LogP contribution in [0.15, 0.2) is 36.4 Å². The predicted molar refractivity (Wildman–Crippen MR) is 82.6 cm³/mol. The van der Waals surface area contributed by atoms with E-state index in [9.17, 15) is 5.11 Å². The minimum atomic E-state index is -0.742. The maximum atomic E-state index is 10.6. The van der Waals surface area contributed by atoms with Crippen molar-refractivity contribution in [3.63, 3.8) is 0 Å². The molecule has 1 N–H and O–H groups in total. The Bertz CT molecular complexity index is 588. The summed E-state index contributed by atoms with van der Waals surface area (Å²) < 4.78 is 5.60. The standard InChI is InChI=1S/C17H19ClO2/c1-4-20-16-6-5-11(2)9-15(16)17(19)13-7-12(3)8-14(18)10-13/h5-10,17,19H,4H2,1-3H3. The van der Waals surface area contributed by atoms with Gasteiger partial charge >= 0.3 is 0 Å². The number of hydrogen-bond donors (Lipinski definition) is 1. The fourth-order valence-electron chi connectivity index (χ4n) is 2.27. The molecular weight excluding hydrogens is 272 g/mol. The Kier molecular flexibility index (Phi) is 4.69. The van der Waals surface area contributed by atoms with Crippen LogP contribution >= 0.6 is 11.6 Å². The molecule has 106 valence electrons. The smallest absolute Gasteiger partial charge is 0.125 e. The Morgan fingerprint density at radius 2 is 1.85 bits per heavy atom. The molecule has 0 bridgehead atoms. The molecule has 3 heteroatoms. The molecule has 2 aromatic rings. The van der Waals surface area contributed by atoms with E-state index in [4.69, 9.17) is 16.3 Å². The van der Waals surface area contributed by atoms with Crippen LogP contribution in [0.5, 0.6) is 5.75 Å². The van der Waals surface area contributed by atoms with E-state index in [1.807, 2.05) is 51.1 Å². The molecule has 0 saturated heterocycles. The summed E-state index contributed by atoms with van der Waals surface area (Å²) in [6.07, 6.45) is -0.742. The molecule has 0 heterocycles. The molecule has 0 aliphatic rings. The molecule has 2 aromatic carbocycles. The van der Waals surface area contributed by atoms with E-state index in [1.54, 1.807) is 6.07 Å². The number of halogens is 1. The van der Waals surface area contributed by atoms with Gasteiger partial charge in [-0.15, -0.1) is 0 Å². The average molecular weight is 291 g/mol. The molecule has 0 amide bonds. The lowest BCUT2D eigenvalue weighted by atomic mass is 9.98. The van der Waals surface area contributed by atoms with Crippen LogP contribution in [0.4, 0.5) is 0 Å². The van der Waals surface area contributed by atoms with Crippen molar-refractivity contribution in [2.75, 3.05) is 6.61 Å². The molecule has 0 fully saturated rings. The van der Waals surface area contributed by atoms with Crippen molar-refractivity contribution in [1.82, 2.24) is 0 Å². The Balaban J connectivity index is 2.46. The number of aliphatic hydroxyl groups excluding tert-OH is 1. The first-order valence-corrected chi connectivity index (χ1v) is 7.07. The molecule has 0 radical (unpaired) electrons. The maximum Gasteiger partial charge on any atom is 0.125 e. The highest BCUT2D eigenvalue weighted by Crippen LogP contribution is 2.32. The van der Waals surface area contributed by atoms with Crippen LogP contribution < -0.4 is 4.74 Å². The predicted octanol–water partition coefficient (Wildman–Crippen LogP) is 4.44. The van der Waals surface area contributed by atoms with E-state index in [-0.39, 0.29) is 0 Å². The van der Waals surface area contributed by atoms with Gasteiger partial charge in [0.25, 0.3) is 0 Å². The van der Waals surface area contributed by atoms with Gasteiger partial charge in [0, 0.05) is 10.6 Å². The zero-order valence-corrected chi connectivity index (χ0v) is 12.7. The number of benzene rings is 2. The van der Waals surface area contributed by atoms with Crippen LogP contribution in [0.3, 0.4) is 0 Å². The van der Waals surface area contributed by atoms with Crippen LogP contribution in [-0.2, 0) is 0 Å². The Labute approximate surface area is 125 Å². The first-order valence-electron chi connectivity index (χ1n) is 6.69. The third-order valence-electron chi connectivity index (χ3n) is 3.14. The minimum Gasteiger partial charge on any atom is -0.493 e. The van der Waals surface area contributed by atoms with Gasteiger partial charge < -0.3 is 9.84 Å². The minimum absolute atomic E-state index is 0.567. The normalized spacial score (nSPS) is 12.2. The van der Waals surface area contributed by atoms with Gasteiger partial charge in [-0.2, -0.15) is 0 Å². The Morgan fingerprint density at radius 3 is 2.50 bits per heavy atom. The summed E-state index contributed by atoms with van der Waals surface area (Å²) in [5.41, 5.74) is 3.66. The monoisotopic (exact) mass is 290 g/mol. The van der Waals surface area contributed by atoms with Crippen molar-refractivity contribution in [3.8, 4) is 5.75 Å². The zero-order chi connectivity index (χ0) is 14.7. The first-order chi connectivity index (χ1) is 9.51. The van der Waals surface area contributed by atoms with Gasteiger partial charge in [0.15, 0.2) is 0 Å². The van der Waals surface area contributed by atoms with Crippen molar-refractivity contribution < 1.29 is 9.84 Å². The van der Waals surface area contributed by atoms with Gasteiger partial charge in [-0.05, 0) is 56.2 Å². The third kappa shape index (κ3) is 3.33. The molecule has 0 saturated carbocycles. The molecule has 1 unspecified atom stereocenters. The molecular formula is C17H19ClO2. The molecule has 20 heavy (non-hydrogen) atoms. The summed E-state index contributed by atoms with van der Waals surface area (Å²) in [6, 6.07) is 11.4. The lowest BCUT2D eigenvalue weighted by Gasteiger charge is -2.17. The van der Waals surface area contributed by atoms with E-state index in [1.165, 1.54) is 0 Å². The Hall–Kier alpha value is -1.51. The van der Waals surface area contributed by atoms with Crippen molar-refractivity contribution in [1.29, 1.82) is 0 Å². The van der Waals surface area contributed by atoms with E-state index in [0.717, 1.165) is 22.3 Å². The largest absolute Gasteiger partial charge is 0.493 e. The van der Waals surface area contributed by atoms with Crippen LogP contribution in [0.1, 0.15) is 35.3 Å². The second-order valence-corrected chi connectivity index (χ2v) is 5.38. The van der Waals surface area contributed by atoms with Crippen LogP contribution in [-0.4, -0.2) is 11.7 Å². The number of aryl methyl sites for hydroxylation is 2. The highest BCUT2D eigenvalue weighted by atomic mass is 35.5. The highest BCUT2D eigenvalue weighted by molar-refractivity contribution is 6.30. The Morgan fingerprint density at radius 1 is 1.10 bits per heavy atom. The summed E-state index contributed by atoms with van der Waals surface area (Å²) in [7, 11) is 0. The van der Waals surface area contributed by atoms with Crippen molar-refractivity contribution >= 4 is 11.6 Å². The first kappa shape index (κ1) is 14.9. The molecule has 2 nitrogen and oxygen atoms in total. The summed E-state index contributed by atoms with van der Waals surface area (Å²) in [5, 5.41) is 11.3. The van der Waals surface area contributed by atoms with E-state index < -0.39 is 6.10 Å². The lowest BCUT2D eigenvalue weighted by molar-refractivity contribution is 0.212. The molecule has 0 aromatic heterocycles.